The van der Waals surface area contributed by atoms with E-state index in [2.05, 4.69) is 33.6 Å². The van der Waals surface area contributed by atoms with Gasteiger partial charge in [0.1, 0.15) is 5.54 Å². The van der Waals surface area contributed by atoms with Crippen LogP contribution in [-0.2, 0) is 9.59 Å². The van der Waals surface area contributed by atoms with Crippen LogP contribution in [0.5, 0.6) is 0 Å². The quantitative estimate of drug-likeness (QED) is 0.215. The van der Waals surface area contributed by atoms with Crippen LogP contribution in [0.4, 0.5) is 0 Å². The summed E-state index contributed by atoms with van der Waals surface area (Å²) in [5.74, 6) is -1.19. The first-order chi connectivity index (χ1) is 20.8. The van der Waals surface area contributed by atoms with Gasteiger partial charge >= 0.3 is 5.97 Å². The molecule has 1 aromatic heterocycles. The topological polar surface area (TPSA) is 112 Å². The predicted octanol–water partition coefficient (Wildman–Crippen LogP) is 8.40. The van der Waals surface area contributed by atoms with Crippen molar-refractivity contribution in [3.8, 4) is 22.5 Å². The van der Waals surface area contributed by atoms with E-state index in [1.165, 1.54) is 4.90 Å². The lowest BCUT2D eigenvalue weighted by atomic mass is 9.66. The largest absolute Gasteiger partial charge is 0.479 e. The van der Waals surface area contributed by atoms with E-state index in [9.17, 15) is 16.1 Å². The van der Waals surface area contributed by atoms with E-state index in [0.29, 0.717) is 17.8 Å². The molecule has 0 bridgehead atoms. The van der Waals surface area contributed by atoms with Crippen molar-refractivity contribution in [2.24, 2.45) is 17.3 Å². The number of carbonyl (C=O) groups is 2. The molecule has 3 unspecified atom stereocenters. The van der Waals surface area contributed by atoms with Gasteiger partial charge in [-0.25, -0.2) is 9.89 Å². The van der Waals surface area contributed by atoms with E-state index in [1.54, 1.807) is 13.8 Å². The van der Waals surface area contributed by atoms with Crippen molar-refractivity contribution in [1.82, 2.24) is 25.5 Å². The van der Waals surface area contributed by atoms with Gasteiger partial charge in [0, 0.05) is 12.0 Å². The van der Waals surface area contributed by atoms with Crippen LogP contribution in [0.3, 0.4) is 0 Å². The molecule has 44 heavy (non-hydrogen) atoms. The number of hydrogen-bond donors (Lipinski definition) is 2. The van der Waals surface area contributed by atoms with Gasteiger partial charge in [-0.05, 0) is 115 Å². The Morgan fingerprint density at radius 3 is 2.20 bits per heavy atom. The molecule has 0 radical (unpaired) electrons. The van der Waals surface area contributed by atoms with Gasteiger partial charge in [0.25, 0.3) is 0 Å². The van der Waals surface area contributed by atoms with Gasteiger partial charge in [-0.3, -0.25) is 4.79 Å². The number of amides is 1. The Labute approximate surface area is 265 Å². The van der Waals surface area contributed by atoms with Crippen molar-refractivity contribution < 1.29 is 16.1 Å². The number of tetrazole rings is 1. The Morgan fingerprint density at radius 2 is 1.68 bits per heavy atom. The second kappa shape index (κ2) is 13.6. The molecule has 1 heterocycles. The average Bonchev–Trinajstić information content (AvgIpc) is 3.45. The zero-order valence-electron chi connectivity index (χ0n) is 29.8. The number of aliphatic carboxylic acids is 1. The summed E-state index contributed by atoms with van der Waals surface area (Å²) < 4.78 is 10.1. The third-order valence-corrected chi connectivity index (χ3v) is 9.52. The van der Waals surface area contributed by atoms with Gasteiger partial charge in [-0.1, -0.05) is 78.6 Å². The minimum absolute atomic E-state index is 0.0601. The molecular formula is C36H53N5O3. The van der Waals surface area contributed by atoms with E-state index < -0.39 is 28.9 Å². The summed E-state index contributed by atoms with van der Waals surface area (Å²) in [5, 5.41) is 25.6. The average molecular weight is 605 g/mol. The number of H-pyrrole nitrogens is 1. The minimum Gasteiger partial charge on any atom is -0.479 e. The normalized spacial score (nSPS) is 16.4. The van der Waals surface area contributed by atoms with Crippen molar-refractivity contribution in [2.45, 2.75) is 120 Å². The summed E-state index contributed by atoms with van der Waals surface area (Å²) in [4.78, 5) is 29.4. The van der Waals surface area contributed by atoms with Crippen molar-refractivity contribution in [3.05, 3.63) is 52.1 Å². The standard InChI is InChI=1S/C36H53N5O3/c1-13-16-21(3)19-30(42)41(36(12,34(43)44)29(14-2)35(9,10)11)26(8)31-23(5)20-28(24(6)25(31)7)32-22(4)17-15-18-27(32)33-37-39-40-38-33/h15,17-18,20-21,26,29H,13-14,16,19H2,1-12H3,(H,43,44)(H,37,38,39,40)/t21?,26?,29?,36-/m0/s1/i26D. The highest BCUT2D eigenvalue weighted by Gasteiger charge is 2.53. The molecule has 8 heteroatoms. The lowest BCUT2D eigenvalue weighted by Crippen LogP contribution is -2.62. The fourth-order valence-electron chi connectivity index (χ4n) is 7.54. The zero-order chi connectivity index (χ0) is 34.1. The first-order valence-electron chi connectivity index (χ1n) is 16.4. The maximum atomic E-state index is 14.5. The molecule has 2 N–H and O–H groups in total. The van der Waals surface area contributed by atoms with Crippen molar-refractivity contribution >= 4 is 11.9 Å². The van der Waals surface area contributed by atoms with E-state index in [0.717, 1.165) is 51.8 Å². The summed E-state index contributed by atoms with van der Waals surface area (Å²) >= 11 is 0. The molecule has 1 amide bonds. The predicted molar refractivity (Wildman–Crippen MR) is 177 cm³/mol. The smallest absolute Gasteiger partial charge is 0.329 e. The summed E-state index contributed by atoms with van der Waals surface area (Å²) in [6.07, 6.45) is 2.49. The van der Waals surface area contributed by atoms with Gasteiger partial charge in [0.15, 0.2) is 5.82 Å². The highest BCUT2D eigenvalue weighted by Crippen LogP contribution is 2.46. The Bertz CT molecular complexity index is 1530. The number of hydrogen-bond acceptors (Lipinski definition) is 5. The molecule has 3 aromatic rings. The van der Waals surface area contributed by atoms with Crippen LogP contribution >= 0.6 is 0 Å². The molecule has 3 rings (SSSR count). The lowest BCUT2D eigenvalue weighted by molar-refractivity contribution is -0.170. The fraction of sp³-hybridized carbons (Fsp3) is 0.583. The van der Waals surface area contributed by atoms with Gasteiger partial charge in [0.2, 0.25) is 5.91 Å². The number of carbonyl (C=O) groups excluding carboxylic acids is 1. The maximum absolute atomic E-state index is 14.5. The molecule has 8 nitrogen and oxygen atoms in total. The SMILES string of the molecule is [2H]C(C)(c1c(C)cc(-c2c(C)cccc2-c2nnn[nH]2)c(C)c1C)N(C(=O)CC(C)CCC)[C@](C)(C(=O)O)C(CC)C(C)(C)C. The second-order valence-corrected chi connectivity index (χ2v) is 13.8. The van der Waals surface area contributed by atoms with Crippen molar-refractivity contribution in [3.63, 3.8) is 0 Å². The number of carboxylic acid groups (broad SMARTS) is 1. The molecule has 0 aliphatic heterocycles. The number of aryl methyl sites for hydroxylation is 2. The van der Waals surface area contributed by atoms with Gasteiger partial charge in [-0.15, -0.1) is 5.10 Å². The lowest BCUT2D eigenvalue weighted by Gasteiger charge is -2.51. The molecule has 0 saturated carbocycles. The molecule has 0 aliphatic carbocycles. The number of carboxylic acids is 1. The van der Waals surface area contributed by atoms with Crippen LogP contribution in [0.1, 0.15) is 116 Å². The molecule has 0 saturated heterocycles. The molecule has 2 aromatic carbocycles. The number of nitrogens with one attached hydrogen (secondary N) is 1. The van der Waals surface area contributed by atoms with E-state index in [4.69, 9.17) is 0 Å². The summed E-state index contributed by atoms with van der Waals surface area (Å²) in [6, 6.07) is 6.36. The van der Waals surface area contributed by atoms with E-state index in [1.807, 2.05) is 80.5 Å². The highest BCUT2D eigenvalue weighted by atomic mass is 16.4. The minimum atomic E-state index is -1.68. The first kappa shape index (κ1) is 33.3. The van der Waals surface area contributed by atoms with Gasteiger partial charge in [0.05, 0.1) is 7.39 Å². The molecule has 240 valence electrons. The van der Waals surface area contributed by atoms with Crippen LogP contribution in [0, 0.1) is 44.9 Å². The summed E-state index contributed by atoms with van der Waals surface area (Å²) in [5.41, 5.74) is 5.04. The number of aromatic nitrogens is 4. The third kappa shape index (κ3) is 6.59. The van der Waals surface area contributed by atoms with E-state index >= 15 is 0 Å². The van der Waals surface area contributed by atoms with Crippen LogP contribution < -0.4 is 0 Å². The number of benzene rings is 2. The summed E-state index contributed by atoms with van der Waals surface area (Å²) in [6.45, 7) is 23.5. The molecular weight excluding hydrogens is 550 g/mol. The second-order valence-electron chi connectivity index (χ2n) is 13.8. The molecule has 0 spiro atoms. The van der Waals surface area contributed by atoms with Crippen LogP contribution in [0.2, 0.25) is 0 Å². The van der Waals surface area contributed by atoms with Gasteiger partial charge in [-0.2, -0.15) is 0 Å². The monoisotopic (exact) mass is 604 g/mol. The van der Waals surface area contributed by atoms with Crippen molar-refractivity contribution in [1.29, 1.82) is 0 Å². The maximum Gasteiger partial charge on any atom is 0.329 e. The number of aromatic amines is 1. The number of nitrogens with zero attached hydrogens (tertiary/aromatic N) is 4. The van der Waals surface area contributed by atoms with Gasteiger partial charge < -0.3 is 10.0 Å². The fourth-order valence-corrected chi connectivity index (χ4v) is 7.54. The Balaban J connectivity index is 2.36. The number of rotatable bonds is 12. The Morgan fingerprint density at radius 1 is 1.02 bits per heavy atom. The highest BCUT2D eigenvalue weighted by molar-refractivity contribution is 5.89. The molecule has 4 atom stereocenters. The Kier molecular flexibility index (Phi) is 10.3. The van der Waals surface area contributed by atoms with Crippen LogP contribution in [0.15, 0.2) is 24.3 Å². The first-order valence-corrected chi connectivity index (χ1v) is 15.9. The van der Waals surface area contributed by atoms with Crippen LogP contribution in [-0.4, -0.2) is 48.0 Å². The Hall–Kier alpha value is -3.55. The zero-order valence-corrected chi connectivity index (χ0v) is 28.8. The van der Waals surface area contributed by atoms with Crippen LogP contribution in [0.25, 0.3) is 22.5 Å². The molecule has 0 fully saturated rings. The van der Waals surface area contributed by atoms with E-state index in [-0.39, 0.29) is 18.2 Å². The molecule has 0 aliphatic rings. The summed E-state index contributed by atoms with van der Waals surface area (Å²) in [7, 11) is 0. The third-order valence-electron chi connectivity index (χ3n) is 9.52. The van der Waals surface area contributed by atoms with Crippen molar-refractivity contribution in [2.75, 3.05) is 0 Å².